The molecule has 6 heteroatoms. The van der Waals surface area contributed by atoms with Gasteiger partial charge in [-0.05, 0) is 53.6 Å². The third-order valence-electron chi connectivity index (χ3n) is 5.37. The van der Waals surface area contributed by atoms with E-state index in [0.717, 1.165) is 37.9 Å². The van der Waals surface area contributed by atoms with Crippen LogP contribution < -0.4 is 0 Å². The van der Waals surface area contributed by atoms with Crippen LogP contribution in [0.5, 0.6) is 0 Å². The summed E-state index contributed by atoms with van der Waals surface area (Å²) in [7, 11) is 0. The molecular weight excluding hydrogens is 454 g/mol. The molecule has 0 bridgehead atoms. The molecular formula is C25H18BrN3O2. The number of carboxylic acids is 1. The van der Waals surface area contributed by atoms with Gasteiger partial charge in [-0.25, -0.2) is 9.78 Å². The number of benzene rings is 3. The van der Waals surface area contributed by atoms with Gasteiger partial charge >= 0.3 is 5.97 Å². The van der Waals surface area contributed by atoms with Crippen LogP contribution in [0.15, 0.2) is 96.0 Å². The summed E-state index contributed by atoms with van der Waals surface area (Å²) >= 11 is 3.48. The third-order valence-corrected chi connectivity index (χ3v) is 5.90. The van der Waals surface area contributed by atoms with Crippen LogP contribution in [0.25, 0.3) is 27.8 Å². The highest BCUT2D eigenvalue weighted by Crippen LogP contribution is 2.31. The van der Waals surface area contributed by atoms with Crippen molar-refractivity contribution < 1.29 is 9.90 Å². The van der Waals surface area contributed by atoms with E-state index >= 15 is 0 Å². The van der Waals surface area contributed by atoms with Crippen molar-refractivity contribution in [1.82, 2.24) is 14.1 Å². The summed E-state index contributed by atoms with van der Waals surface area (Å²) in [6.07, 6.45) is 5.43. The Labute approximate surface area is 187 Å². The van der Waals surface area contributed by atoms with Crippen molar-refractivity contribution >= 4 is 32.8 Å². The van der Waals surface area contributed by atoms with Gasteiger partial charge in [0.05, 0.1) is 11.9 Å². The molecule has 5 aromatic rings. The molecule has 0 aliphatic heterocycles. The Bertz CT molecular complexity index is 1370. The number of hydrogen-bond acceptors (Lipinski definition) is 2. The van der Waals surface area contributed by atoms with Crippen LogP contribution in [0.3, 0.4) is 0 Å². The molecule has 1 N–H and O–H groups in total. The molecule has 0 spiro atoms. The van der Waals surface area contributed by atoms with E-state index in [1.165, 1.54) is 0 Å². The largest absolute Gasteiger partial charge is 0.478 e. The maximum atomic E-state index is 11.6. The minimum Gasteiger partial charge on any atom is -0.478 e. The number of aromatic carboxylic acids is 1. The second-order valence-corrected chi connectivity index (χ2v) is 8.25. The average molecular weight is 472 g/mol. The van der Waals surface area contributed by atoms with E-state index in [1.54, 1.807) is 24.7 Å². The van der Waals surface area contributed by atoms with E-state index in [2.05, 4.69) is 67.9 Å². The molecule has 0 atom stereocenters. The van der Waals surface area contributed by atoms with Crippen molar-refractivity contribution in [2.75, 3.05) is 0 Å². The number of hydrogen-bond donors (Lipinski definition) is 1. The summed E-state index contributed by atoms with van der Waals surface area (Å²) in [5.41, 5.74) is 5.45. The zero-order chi connectivity index (χ0) is 21.4. The number of nitrogens with zero attached hydrogens (tertiary/aromatic N) is 3. The molecule has 0 aliphatic carbocycles. The zero-order valence-electron chi connectivity index (χ0n) is 16.4. The SMILES string of the molecule is O=C(O)c1ccc2cc(-c3ccc(-n4ccnc4)cc3)n(Cc3ccc(Br)cc3)c2c1. The Kier molecular flexibility index (Phi) is 4.92. The number of fused-ring (bicyclic) bond motifs is 1. The summed E-state index contributed by atoms with van der Waals surface area (Å²) in [6, 6.07) is 23.9. The normalized spacial score (nSPS) is 11.1. The van der Waals surface area contributed by atoms with Gasteiger partial charge in [-0.1, -0.05) is 46.3 Å². The van der Waals surface area contributed by atoms with E-state index in [9.17, 15) is 9.90 Å². The standard InChI is InChI=1S/C25H18BrN3O2/c26-21-7-1-17(2-8-21)15-29-23(13-19-3-4-20(25(30)31)14-24(19)29)18-5-9-22(10-6-18)28-12-11-27-16-28/h1-14,16H,15H2,(H,30,31). The van der Waals surface area contributed by atoms with Crippen LogP contribution >= 0.6 is 15.9 Å². The van der Waals surface area contributed by atoms with Gasteiger partial charge in [0.2, 0.25) is 0 Å². The van der Waals surface area contributed by atoms with Gasteiger partial charge in [-0.15, -0.1) is 0 Å². The van der Waals surface area contributed by atoms with Gasteiger partial charge in [0.15, 0.2) is 0 Å². The van der Waals surface area contributed by atoms with Crippen LogP contribution in [-0.2, 0) is 6.54 Å². The van der Waals surface area contributed by atoms with E-state index in [1.807, 2.05) is 29.0 Å². The Hall–Kier alpha value is -3.64. The number of imidazole rings is 1. The van der Waals surface area contributed by atoms with Crippen LogP contribution in [0.2, 0.25) is 0 Å². The number of carboxylic acid groups (broad SMARTS) is 1. The highest BCUT2D eigenvalue weighted by Gasteiger charge is 2.14. The van der Waals surface area contributed by atoms with Gasteiger partial charge in [0.25, 0.3) is 0 Å². The molecule has 0 saturated carbocycles. The summed E-state index contributed by atoms with van der Waals surface area (Å²) in [4.78, 5) is 15.7. The van der Waals surface area contributed by atoms with Crippen molar-refractivity contribution in [2.45, 2.75) is 6.54 Å². The maximum Gasteiger partial charge on any atom is 0.335 e. The molecule has 0 aliphatic rings. The number of rotatable bonds is 5. The molecule has 5 nitrogen and oxygen atoms in total. The van der Waals surface area contributed by atoms with Gasteiger partial charge in [-0.2, -0.15) is 0 Å². The number of aromatic nitrogens is 3. The minimum absolute atomic E-state index is 0.282. The van der Waals surface area contributed by atoms with Crippen molar-refractivity contribution in [2.24, 2.45) is 0 Å². The summed E-state index contributed by atoms with van der Waals surface area (Å²) in [5.74, 6) is -0.926. The topological polar surface area (TPSA) is 60.0 Å². The molecule has 0 fully saturated rings. The summed E-state index contributed by atoms with van der Waals surface area (Å²) in [6.45, 7) is 0.637. The summed E-state index contributed by atoms with van der Waals surface area (Å²) in [5, 5.41) is 10.5. The molecule has 2 aromatic heterocycles. The van der Waals surface area contributed by atoms with Crippen LogP contribution in [-0.4, -0.2) is 25.2 Å². The quantitative estimate of drug-likeness (QED) is 0.341. The molecule has 0 amide bonds. The molecule has 2 heterocycles. The fourth-order valence-corrected chi connectivity index (χ4v) is 4.05. The second kappa shape index (κ2) is 7.89. The Balaban J connectivity index is 1.64. The Morgan fingerprint density at radius 2 is 1.74 bits per heavy atom. The van der Waals surface area contributed by atoms with Crippen molar-refractivity contribution in [3.05, 3.63) is 107 Å². The first-order valence-electron chi connectivity index (χ1n) is 9.78. The van der Waals surface area contributed by atoms with Gasteiger partial charge in [-0.3, -0.25) is 0 Å². The monoisotopic (exact) mass is 471 g/mol. The lowest BCUT2D eigenvalue weighted by atomic mass is 10.1. The lowest BCUT2D eigenvalue weighted by molar-refractivity contribution is 0.0697. The second-order valence-electron chi connectivity index (χ2n) is 7.34. The lowest BCUT2D eigenvalue weighted by Crippen LogP contribution is -2.03. The minimum atomic E-state index is -0.926. The van der Waals surface area contributed by atoms with Gasteiger partial charge < -0.3 is 14.2 Å². The van der Waals surface area contributed by atoms with Crippen LogP contribution in [0.1, 0.15) is 15.9 Å². The fourth-order valence-electron chi connectivity index (χ4n) is 3.79. The number of carbonyl (C=O) groups is 1. The maximum absolute atomic E-state index is 11.6. The molecule has 0 unspecified atom stereocenters. The molecule has 5 rings (SSSR count). The lowest BCUT2D eigenvalue weighted by Gasteiger charge is -2.13. The highest BCUT2D eigenvalue weighted by molar-refractivity contribution is 9.10. The zero-order valence-corrected chi connectivity index (χ0v) is 18.0. The predicted molar refractivity (Wildman–Crippen MR) is 125 cm³/mol. The molecule has 3 aromatic carbocycles. The van der Waals surface area contributed by atoms with E-state index < -0.39 is 5.97 Å². The van der Waals surface area contributed by atoms with E-state index in [-0.39, 0.29) is 5.56 Å². The van der Waals surface area contributed by atoms with Crippen molar-refractivity contribution in [1.29, 1.82) is 0 Å². The first-order valence-corrected chi connectivity index (χ1v) is 10.6. The van der Waals surface area contributed by atoms with Crippen LogP contribution in [0.4, 0.5) is 0 Å². The third kappa shape index (κ3) is 3.78. The van der Waals surface area contributed by atoms with Gasteiger partial charge in [0, 0.05) is 45.7 Å². The molecule has 31 heavy (non-hydrogen) atoms. The molecule has 0 saturated heterocycles. The van der Waals surface area contributed by atoms with E-state index in [4.69, 9.17) is 0 Å². The number of halogens is 1. The molecule has 152 valence electrons. The fraction of sp³-hybridized carbons (Fsp3) is 0.0400. The summed E-state index contributed by atoms with van der Waals surface area (Å²) < 4.78 is 5.16. The first-order chi connectivity index (χ1) is 15.1. The predicted octanol–water partition coefficient (Wildman–Crippen LogP) is 6.00. The highest BCUT2D eigenvalue weighted by atomic mass is 79.9. The molecule has 0 radical (unpaired) electrons. The average Bonchev–Trinajstić information content (AvgIpc) is 3.44. The first kappa shape index (κ1) is 19.3. The van der Waals surface area contributed by atoms with E-state index in [0.29, 0.717) is 6.54 Å². The smallest absolute Gasteiger partial charge is 0.335 e. The Morgan fingerprint density at radius 1 is 0.968 bits per heavy atom. The Morgan fingerprint density at radius 3 is 2.42 bits per heavy atom. The van der Waals surface area contributed by atoms with Crippen molar-refractivity contribution in [3.63, 3.8) is 0 Å². The van der Waals surface area contributed by atoms with Crippen LogP contribution in [0, 0.1) is 0 Å². The van der Waals surface area contributed by atoms with Gasteiger partial charge in [0.1, 0.15) is 0 Å². The van der Waals surface area contributed by atoms with Crippen molar-refractivity contribution in [3.8, 4) is 16.9 Å².